The van der Waals surface area contributed by atoms with Gasteiger partial charge in [0.2, 0.25) is 16.3 Å². The summed E-state index contributed by atoms with van der Waals surface area (Å²) in [5, 5.41) is 29.4. The third kappa shape index (κ3) is 23.9. The number of aromatic carboxylic acids is 2. The fourth-order valence-electron chi connectivity index (χ4n) is 6.31. The molecule has 0 amide bonds. The number of carbonyl (C=O) groups is 3. The van der Waals surface area contributed by atoms with Gasteiger partial charge in [-0.15, -0.1) is 0 Å². The highest BCUT2D eigenvalue weighted by Crippen LogP contribution is 2.28. The van der Waals surface area contributed by atoms with Crippen molar-refractivity contribution >= 4 is 124 Å². The van der Waals surface area contributed by atoms with Crippen molar-refractivity contribution in [2.45, 2.75) is 110 Å². The smallest absolute Gasteiger partial charge is 0.435 e. The van der Waals surface area contributed by atoms with Gasteiger partial charge in [-0.05, 0) is 146 Å². The molecular weight excluding hydrogens is 1220 g/mol. The molecule has 0 atom stereocenters. The second-order valence-electron chi connectivity index (χ2n) is 17.7. The van der Waals surface area contributed by atoms with Crippen molar-refractivity contribution in [1.82, 2.24) is 34.7 Å². The van der Waals surface area contributed by atoms with Gasteiger partial charge in [0.05, 0.1) is 12.7 Å². The number of hydrogen-bond donors (Lipinski definition) is 6. The Labute approximate surface area is 506 Å². The molecule has 0 aliphatic carbocycles. The lowest BCUT2D eigenvalue weighted by Gasteiger charge is -2.18. The van der Waals surface area contributed by atoms with Crippen LogP contribution in [0.3, 0.4) is 0 Å². The molecule has 0 radical (unpaired) electrons. The van der Waals surface area contributed by atoms with Crippen LogP contribution in [0, 0.1) is 5.82 Å². The number of benzene rings is 4. The highest BCUT2D eigenvalue weighted by molar-refractivity contribution is 9.10. The van der Waals surface area contributed by atoms with E-state index in [1.54, 1.807) is 69.4 Å². The molecule has 1 aliphatic rings. The Morgan fingerprint density at radius 3 is 1.88 bits per heavy atom. The van der Waals surface area contributed by atoms with Crippen LogP contribution in [0.15, 0.2) is 140 Å². The molecule has 1 aliphatic heterocycles. The van der Waals surface area contributed by atoms with Crippen molar-refractivity contribution in [2.75, 3.05) is 10.6 Å². The van der Waals surface area contributed by atoms with E-state index in [9.17, 15) is 18.8 Å². The van der Waals surface area contributed by atoms with E-state index in [0.717, 1.165) is 47.7 Å². The maximum atomic E-state index is 14.5. The molecule has 0 saturated heterocycles. The average Bonchev–Trinajstić information content (AvgIpc) is 4.37. The summed E-state index contributed by atoms with van der Waals surface area (Å²) in [7, 11) is 0. The fraction of sp³-hybridized carbons (Fsp3) is 0.271. The molecule has 442 valence electrons. The molecule has 0 saturated carbocycles. The molecule has 6 heterocycles. The van der Waals surface area contributed by atoms with Gasteiger partial charge in [0.1, 0.15) is 34.3 Å². The zero-order valence-corrected chi connectivity index (χ0v) is 47.3. The van der Waals surface area contributed by atoms with E-state index in [1.807, 2.05) is 56.5 Å². The Balaban J connectivity index is 0.00000104. The van der Waals surface area contributed by atoms with E-state index in [-0.39, 0.29) is 59.2 Å². The molecule has 4 aromatic carbocycles. The number of fused-ring (bicyclic) bond motifs is 3. The van der Waals surface area contributed by atoms with Crippen molar-refractivity contribution in [1.29, 1.82) is 0 Å². The summed E-state index contributed by atoms with van der Waals surface area (Å²) in [5.41, 5.74) is 10.7. The standard InChI is InChI=1S/C18H17ClFN5O2.C12H9ClN4.C9H6BrNO2.C9H5BrO3.C3H9N.C3H8.5CH4/c1-18(2,3)27-17(26)25-10-11(9-22-25)13-5-4-12(8-14(13)20)23-15-6-7-21-16(19)24-15;13-12-15-4-3-11(17-12)16-10-2-1-8-6-14-7-9(8)5-10;10-6-2-1-5-3-8(9(12)13)11-7(5)4-6;10-6-2-1-5-3-8(9(11)12)13-7(5)4-6;1-3(2)4;1-3-2;;;;;/h4-10H,1-3H3,(H,21,23,24);1-5,7H,6H2,(H,15,16,17);1-4,11H,(H,12,13);1-4H,(H,11,12);3H,4H2,1-2H3;3H2,1-2H3;5*1H4. The third-order valence-electron chi connectivity index (χ3n) is 9.39. The van der Waals surface area contributed by atoms with Crippen LogP contribution in [0.5, 0.6) is 0 Å². The zero-order chi connectivity index (χ0) is 56.4. The average molecular weight is 1300 g/mol. The van der Waals surface area contributed by atoms with Crippen LogP contribution in [0.25, 0.3) is 33.0 Å². The van der Waals surface area contributed by atoms with Crippen LogP contribution in [-0.4, -0.2) is 80.8 Å². The lowest BCUT2D eigenvalue weighted by molar-refractivity contribution is 0.0513. The highest BCUT2D eigenvalue weighted by atomic mass is 79.9. The number of nitrogens with one attached hydrogen (secondary N) is 3. The van der Waals surface area contributed by atoms with Gasteiger partial charge in [-0.1, -0.05) is 115 Å². The summed E-state index contributed by atoms with van der Waals surface area (Å²) in [6.45, 7) is 14.2. The number of H-pyrrole nitrogens is 1. The van der Waals surface area contributed by atoms with Gasteiger partial charge in [0.15, 0.2) is 0 Å². The number of aromatic nitrogens is 7. The van der Waals surface area contributed by atoms with E-state index in [0.29, 0.717) is 40.1 Å². The Bertz CT molecular complexity index is 3400. The Hall–Kier alpha value is -7.56. The highest BCUT2D eigenvalue weighted by Gasteiger charge is 2.20. The topological polar surface area (TPSA) is 262 Å². The summed E-state index contributed by atoms with van der Waals surface area (Å²) in [6.07, 6.45) is 8.43. The van der Waals surface area contributed by atoms with Gasteiger partial charge in [-0.25, -0.2) is 38.7 Å². The lowest BCUT2D eigenvalue weighted by atomic mass is 10.1. The zero-order valence-electron chi connectivity index (χ0n) is 42.6. The van der Waals surface area contributed by atoms with Crippen molar-refractivity contribution in [3.63, 3.8) is 0 Å². The van der Waals surface area contributed by atoms with Crippen LogP contribution in [0.2, 0.25) is 10.6 Å². The fourth-order valence-corrected chi connectivity index (χ4v) is 7.30. The summed E-state index contributed by atoms with van der Waals surface area (Å²) >= 11 is 18.0. The Morgan fingerprint density at radius 2 is 1.34 bits per heavy atom. The van der Waals surface area contributed by atoms with E-state index < -0.39 is 29.5 Å². The largest absolute Gasteiger partial charge is 0.477 e. The molecule has 10 rings (SSSR count). The lowest BCUT2D eigenvalue weighted by Crippen LogP contribution is -2.27. The first-order valence-electron chi connectivity index (χ1n) is 23.4. The molecule has 0 fully saturated rings. The summed E-state index contributed by atoms with van der Waals surface area (Å²) < 4.78 is 27.7. The molecule has 0 bridgehead atoms. The van der Waals surface area contributed by atoms with Crippen molar-refractivity contribution in [2.24, 2.45) is 10.7 Å². The maximum Gasteiger partial charge on any atom is 0.435 e. The normalized spacial score (nSPS) is 10.3. The van der Waals surface area contributed by atoms with Crippen LogP contribution in [0.4, 0.5) is 32.2 Å². The predicted octanol–water partition coefficient (Wildman–Crippen LogP) is 17.9. The maximum absolute atomic E-state index is 14.5. The minimum atomic E-state index is -1.05. The van der Waals surface area contributed by atoms with Gasteiger partial charge in [-0.2, -0.15) is 9.78 Å². The Kier molecular flexibility index (Phi) is 32.1. The summed E-state index contributed by atoms with van der Waals surface area (Å²) in [4.78, 5) is 55.9. The number of hydrogen-bond acceptors (Lipinski definition) is 14. The van der Waals surface area contributed by atoms with Gasteiger partial charge < -0.3 is 40.7 Å². The number of anilines is 4. The molecule has 23 heteroatoms. The molecule has 9 aromatic rings. The number of ether oxygens (including phenoxy) is 1. The predicted molar refractivity (Wildman–Crippen MR) is 340 cm³/mol. The number of carboxylic acid groups (broad SMARTS) is 2. The molecule has 82 heavy (non-hydrogen) atoms. The van der Waals surface area contributed by atoms with E-state index in [4.69, 9.17) is 48.3 Å². The minimum absolute atomic E-state index is 0. The molecule has 5 aromatic heterocycles. The number of carboxylic acids is 2. The van der Waals surface area contributed by atoms with Crippen LogP contribution in [0.1, 0.15) is 124 Å². The number of furan rings is 1. The van der Waals surface area contributed by atoms with Gasteiger partial charge in [0, 0.05) is 72.5 Å². The van der Waals surface area contributed by atoms with E-state index >= 15 is 0 Å². The second-order valence-corrected chi connectivity index (χ2v) is 20.2. The van der Waals surface area contributed by atoms with Gasteiger partial charge in [-0.3, -0.25) is 4.99 Å². The van der Waals surface area contributed by atoms with Gasteiger partial charge in [0.25, 0.3) is 0 Å². The van der Waals surface area contributed by atoms with Crippen LogP contribution >= 0.6 is 55.1 Å². The monoisotopic (exact) mass is 1300 g/mol. The number of nitrogens with zero attached hydrogens (tertiary/aromatic N) is 7. The van der Waals surface area contributed by atoms with E-state index in [1.165, 1.54) is 42.7 Å². The van der Waals surface area contributed by atoms with E-state index in [2.05, 4.69) is 97.4 Å². The first kappa shape index (κ1) is 74.4. The number of aliphatic imine (C=N–C) groups is 1. The van der Waals surface area contributed by atoms with Crippen molar-refractivity contribution in [3.05, 3.63) is 170 Å². The SMILES string of the molecule is C.C.C.C.C.CC(C)(C)OC(=O)n1cc(-c2ccc(Nc3ccnc(Cl)n3)cc2F)cn1.CC(C)N.CCC.Clc1nccc(Nc2ccc3c(c2)C=NC3)n1.O=C(O)c1cc2ccc(Br)cc2[nH]1.O=C(O)c1cc2ccc(Br)cc2o1. The first-order valence-corrected chi connectivity index (χ1v) is 25.8. The quantitative estimate of drug-likeness (QED) is 0.0811. The summed E-state index contributed by atoms with van der Waals surface area (Å²) in [5.74, 6) is -1.38. The van der Waals surface area contributed by atoms with Gasteiger partial charge >= 0.3 is 18.0 Å². The van der Waals surface area contributed by atoms with Crippen LogP contribution < -0.4 is 16.4 Å². The number of carbonyl (C=O) groups excluding carboxylic acids is 1. The second kappa shape index (κ2) is 35.3. The third-order valence-corrected chi connectivity index (χ3v) is 10.7. The molecule has 18 nitrogen and oxygen atoms in total. The minimum Gasteiger partial charge on any atom is -0.477 e. The van der Waals surface area contributed by atoms with Crippen LogP contribution in [-0.2, 0) is 11.3 Å². The molecular formula is C59H74Br2Cl2FN11O7. The number of halogens is 5. The number of aromatic amines is 1. The first-order chi connectivity index (χ1) is 36.5. The molecule has 0 unspecified atom stereocenters. The summed E-state index contributed by atoms with van der Waals surface area (Å²) in [6, 6.07) is 28.5. The molecule has 0 spiro atoms. The van der Waals surface area contributed by atoms with Crippen molar-refractivity contribution < 1.29 is 38.1 Å². The molecule has 7 N–H and O–H groups in total. The number of nitrogens with two attached hydrogens (primary N) is 1. The number of rotatable bonds is 7. The van der Waals surface area contributed by atoms with Crippen molar-refractivity contribution in [3.8, 4) is 11.1 Å². The Morgan fingerprint density at radius 1 is 0.793 bits per heavy atom.